The zero-order valence-corrected chi connectivity index (χ0v) is 16.0. The number of sulfonamides is 2. The molecular weight excluding hydrogens is 388 g/mol. The number of aryl methyl sites for hydroxylation is 1. The van der Waals surface area contributed by atoms with E-state index in [1.54, 1.807) is 30.3 Å². The van der Waals surface area contributed by atoms with Crippen molar-refractivity contribution in [2.75, 3.05) is 9.44 Å². The van der Waals surface area contributed by atoms with Crippen LogP contribution in [-0.4, -0.2) is 26.6 Å². The van der Waals surface area contributed by atoms with Crippen molar-refractivity contribution in [3.05, 3.63) is 67.0 Å². The van der Waals surface area contributed by atoms with Gasteiger partial charge in [0.15, 0.2) is 0 Å². The van der Waals surface area contributed by atoms with Gasteiger partial charge in [-0.3, -0.25) is 14.1 Å². The minimum absolute atomic E-state index is 0.0214. The van der Waals surface area contributed by atoms with Crippen LogP contribution in [0.2, 0.25) is 0 Å². The second-order valence-corrected chi connectivity index (χ2v) is 9.00. The zero-order valence-electron chi connectivity index (χ0n) is 14.4. The molecule has 2 N–H and O–H groups in total. The lowest BCUT2D eigenvalue weighted by Gasteiger charge is -2.10. The average molecular weight is 406 g/mol. The van der Waals surface area contributed by atoms with Crippen molar-refractivity contribution < 1.29 is 16.8 Å². The molecule has 27 heavy (non-hydrogen) atoms. The smallest absolute Gasteiger partial charge is 0.265 e. The van der Waals surface area contributed by atoms with Gasteiger partial charge in [0.05, 0.1) is 11.1 Å². The Morgan fingerprint density at radius 1 is 0.815 bits per heavy atom. The van der Waals surface area contributed by atoms with Gasteiger partial charge in [0.1, 0.15) is 4.90 Å². The number of benzene rings is 2. The lowest BCUT2D eigenvalue weighted by Crippen LogP contribution is -2.14. The van der Waals surface area contributed by atoms with E-state index in [0.29, 0.717) is 12.2 Å². The molecule has 2 aromatic carbocycles. The number of para-hydroxylation sites is 1. The van der Waals surface area contributed by atoms with Crippen LogP contribution in [0.3, 0.4) is 0 Å². The number of anilines is 2. The number of hydrogen-bond acceptors (Lipinski definition) is 5. The molecule has 0 aliphatic heterocycles. The summed E-state index contributed by atoms with van der Waals surface area (Å²) in [5, 5.41) is 3.94. The Bertz CT molecular complexity index is 1120. The molecule has 0 fully saturated rings. The molecule has 10 heteroatoms. The van der Waals surface area contributed by atoms with Crippen molar-refractivity contribution in [2.24, 2.45) is 0 Å². The van der Waals surface area contributed by atoms with Crippen LogP contribution in [-0.2, 0) is 26.6 Å². The third-order valence-electron chi connectivity index (χ3n) is 3.69. The van der Waals surface area contributed by atoms with Gasteiger partial charge in [-0.1, -0.05) is 18.2 Å². The van der Waals surface area contributed by atoms with Crippen LogP contribution < -0.4 is 9.44 Å². The van der Waals surface area contributed by atoms with E-state index in [2.05, 4.69) is 14.5 Å². The minimum Gasteiger partial charge on any atom is -0.280 e. The fourth-order valence-corrected chi connectivity index (χ4v) is 4.36. The van der Waals surface area contributed by atoms with Crippen molar-refractivity contribution >= 4 is 31.4 Å². The summed E-state index contributed by atoms with van der Waals surface area (Å²) in [6.07, 6.45) is 2.68. The van der Waals surface area contributed by atoms with E-state index in [1.165, 1.54) is 41.3 Å². The van der Waals surface area contributed by atoms with Gasteiger partial charge in [0.25, 0.3) is 20.0 Å². The number of rotatable bonds is 7. The molecule has 0 aliphatic rings. The molecule has 0 radical (unpaired) electrons. The molecule has 8 nitrogen and oxygen atoms in total. The first-order valence-corrected chi connectivity index (χ1v) is 11.0. The zero-order chi connectivity index (χ0) is 19.5. The number of hydrogen-bond donors (Lipinski definition) is 2. The summed E-state index contributed by atoms with van der Waals surface area (Å²) in [6.45, 7) is 2.40. The molecule has 0 atom stereocenters. The Morgan fingerprint density at radius 3 is 1.93 bits per heavy atom. The minimum atomic E-state index is -3.80. The summed E-state index contributed by atoms with van der Waals surface area (Å²) in [7, 11) is -7.56. The summed E-state index contributed by atoms with van der Waals surface area (Å²) in [4.78, 5) is 0.0555. The first-order valence-electron chi connectivity index (χ1n) is 8.03. The first-order chi connectivity index (χ1) is 12.8. The summed E-state index contributed by atoms with van der Waals surface area (Å²) in [6, 6.07) is 13.9. The van der Waals surface area contributed by atoms with Crippen molar-refractivity contribution in [3.63, 3.8) is 0 Å². The second-order valence-electron chi connectivity index (χ2n) is 5.63. The summed E-state index contributed by atoms with van der Waals surface area (Å²) in [5.41, 5.74) is 0.688. The Hall–Kier alpha value is -2.85. The molecule has 3 aromatic rings. The fraction of sp³-hybridized carbons (Fsp3) is 0.118. The number of nitrogens with one attached hydrogen (secondary N) is 2. The lowest BCUT2D eigenvalue weighted by atomic mass is 10.3. The van der Waals surface area contributed by atoms with Gasteiger partial charge in [-0.2, -0.15) is 5.10 Å². The Morgan fingerprint density at radius 2 is 1.37 bits per heavy atom. The maximum absolute atomic E-state index is 12.4. The summed E-state index contributed by atoms with van der Waals surface area (Å²) < 4.78 is 55.9. The molecule has 0 saturated heterocycles. The van der Waals surface area contributed by atoms with Crippen molar-refractivity contribution in [1.29, 1.82) is 0 Å². The SMILES string of the molecule is CCn1cc(S(=O)(=O)Nc2ccc(S(=O)(=O)Nc3ccccc3)cc2)cn1. The fourth-order valence-electron chi connectivity index (χ4n) is 2.29. The average Bonchev–Trinajstić information content (AvgIpc) is 3.13. The maximum atomic E-state index is 12.4. The molecule has 1 aromatic heterocycles. The maximum Gasteiger partial charge on any atom is 0.265 e. The molecule has 0 amide bonds. The standard InChI is InChI=1S/C17H18N4O4S2/c1-2-21-13-17(12-18-21)27(24,25)20-15-8-10-16(11-9-15)26(22,23)19-14-6-4-3-5-7-14/h3-13,19-20H,2H2,1H3. The third kappa shape index (κ3) is 4.47. The van der Waals surface area contributed by atoms with Gasteiger partial charge in [0, 0.05) is 24.1 Å². The summed E-state index contributed by atoms with van der Waals surface area (Å²) >= 11 is 0. The van der Waals surface area contributed by atoms with Gasteiger partial charge in [-0.25, -0.2) is 16.8 Å². The van der Waals surface area contributed by atoms with Gasteiger partial charge in [-0.05, 0) is 43.3 Å². The molecule has 3 rings (SSSR count). The van der Waals surface area contributed by atoms with Crippen molar-refractivity contribution in [1.82, 2.24) is 9.78 Å². The molecule has 142 valence electrons. The van der Waals surface area contributed by atoms with E-state index in [1.807, 2.05) is 6.92 Å². The van der Waals surface area contributed by atoms with E-state index in [-0.39, 0.29) is 15.5 Å². The van der Waals surface area contributed by atoms with Crippen LogP contribution in [0.5, 0.6) is 0 Å². The molecule has 0 aliphatic carbocycles. The first kappa shape index (κ1) is 18.9. The third-order valence-corrected chi connectivity index (χ3v) is 6.42. The number of nitrogens with zero attached hydrogens (tertiary/aromatic N) is 2. The van der Waals surface area contributed by atoms with Crippen LogP contribution in [0.15, 0.2) is 76.8 Å². The number of aromatic nitrogens is 2. The molecule has 0 unspecified atom stereocenters. The van der Waals surface area contributed by atoms with E-state index in [0.717, 1.165) is 0 Å². The Labute approximate surface area is 158 Å². The van der Waals surface area contributed by atoms with Crippen LogP contribution in [0.25, 0.3) is 0 Å². The van der Waals surface area contributed by atoms with E-state index >= 15 is 0 Å². The van der Waals surface area contributed by atoms with Gasteiger partial charge in [0.2, 0.25) is 0 Å². The topological polar surface area (TPSA) is 110 Å². The lowest BCUT2D eigenvalue weighted by molar-refractivity contribution is 0.599. The van der Waals surface area contributed by atoms with Crippen molar-refractivity contribution in [2.45, 2.75) is 23.3 Å². The summed E-state index contributed by atoms with van der Waals surface area (Å²) in [5.74, 6) is 0. The quantitative estimate of drug-likeness (QED) is 0.626. The highest BCUT2D eigenvalue weighted by molar-refractivity contribution is 7.93. The molecule has 0 bridgehead atoms. The molecule has 0 saturated carbocycles. The normalized spacial score (nSPS) is 11.9. The van der Waals surface area contributed by atoms with Crippen LogP contribution >= 0.6 is 0 Å². The molecule has 1 heterocycles. The van der Waals surface area contributed by atoms with Crippen LogP contribution in [0.1, 0.15) is 6.92 Å². The van der Waals surface area contributed by atoms with E-state index in [9.17, 15) is 16.8 Å². The predicted octanol–water partition coefficient (Wildman–Crippen LogP) is 2.50. The molecule has 0 spiro atoms. The van der Waals surface area contributed by atoms with Crippen LogP contribution in [0.4, 0.5) is 11.4 Å². The van der Waals surface area contributed by atoms with Crippen LogP contribution in [0, 0.1) is 0 Å². The van der Waals surface area contributed by atoms with Crippen molar-refractivity contribution in [3.8, 4) is 0 Å². The van der Waals surface area contributed by atoms with E-state index < -0.39 is 20.0 Å². The predicted molar refractivity (Wildman–Crippen MR) is 102 cm³/mol. The molecular formula is C17H18N4O4S2. The van der Waals surface area contributed by atoms with E-state index in [4.69, 9.17) is 0 Å². The Kier molecular flexibility index (Phi) is 5.19. The highest BCUT2D eigenvalue weighted by Crippen LogP contribution is 2.20. The second kappa shape index (κ2) is 7.41. The van der Waals surface area contributed by atoms with Gasteiger partial charge < -0.3 is 0 Å². The highest BCUT2D eigenvalue weighted by atomic mass is 32.2. The Balaban J connectivity index is 1.77. The van der Waals surface area contributed by atoms with Gasteiger partial charge in [-0.15, -0.1) is 0 Å². The monoisotopic (exact) mass is 406 g/mol. The van der Waals surface area contributed by atoms with Gasteiger partial charge >= 0.3 is 0 Å². The highest BCUT2D eigenvalue weighted by Gasteiger charge is 2.18. The largest absolute Gasteiger partial charge is 0.280 e.